The molecule has 0 bridgehead atoms. The highest BCUT2D eigenvalue weighted by Crippen LogP contribution is 2.32. The fourth-order valence-corrected chi connectivity index (χ4v) is 3.28. The Kier molecular flexibility index (Phi) is 4.29. The minimum absolute atomic E-state index is 0.378. The van der Waals surface area contributed by atoms with Crippen LogP contribution in [0.25, 0.3) is 21.9 Å². The summed E-state index contributed by atoms with van der Waals surface area (Å²) >= 11 is 0. The number of pyridine rings is 1. The van der Waals surface area contributed by atoms with Crippen LogP contribution in [0.4, 0.5) is 5.82 Å². The highest BCUT2D eigenvalue weighted by Gasteiger charge is 2.31. The average molecular weight is 338 g/mol. The second kappa shape index (κ2) is 6.04. The normalized spacial score (nSPS) is 13.0. The molecule has 0 aliphatic rings. The van der Waals surface area contributed by atoms with Gasteiger partial charge in [-0.2, -0.15) is 0 Å². The van der Waals surface area contributed by atoms with Crippen LogP contribution in [0.15, 0.2) is 24.3 Å². The molecule has 130 valence electrons. The molecule has 3 N–H and O–H groups in total. The van der Waals surface area contributed by atoms with Gasteiger partial charge >= 0.3 is 0 Å². The molecule has 0 saturated carbocycles. The van der Waals surface area contributed by atoms with Gasteiger partial charge < -0.3 is 20.1 Å². The maximum absolute atomic E-state index is 10.5. The summed E-state index contributed by atoms with van der Waals surface area (Å²) in [6.07, 6.45) is 0. The van der Waals surface area contributed by atoms with Crippen molar-refractivity contribution in [2.75, 3.05) is 12.3 Å². The molecule has 0 amide bonds. The van der Waals surface area contributed by atoms with Crippen molar-refractivity contribution in [3.05, 3.63) is 30.1 Å². The predicted molar refractivity (Wildman–Crippen MR) is 106 cm³/mol. The van der Waals surface area contributed by atoms with Crippen molar-refractivity contribution in [3.8, 4) is 0 Å². The molecule has 0 atom stereocenters. The van der Waals surface area contributed by atoms with Gasteiger partial charge in [0.1, 0.15) is 27.0 Å². The third kappa shape index (κ3) is 3.24. The highest BCUT2D eigenvalue weighted by molar-refractivity contribution is 6.38. The van der Waals surface area contributed by atoms with E-state index in [1.54, 1.807) is 13.8 Å². The van der Waals surface area contributed by atoms with Gasteiger partial charge in [-0.3, -0.25) is 0 Å². The van der Waals surface area contributed by atoms with Gasteiger partial charge in [0.15, 0.2) is 5.82 Å². The lowest BCUT2D eigenvalue weighted by molar-refractivity contribution is 0.0508. The monoisotopic (exact) mass is 338 g/mol. The summed E-state index contributed by atoms with van der Waals surface area (Å²) in [5, 5.41) is 10.8. The quantitative estimate of drug-likeness (QED) is 0.656. The van der Waals surface area contributed by atoms with Crippen LogP contribution in [-0.2, 0) is 16.7 Å². The summed E-state index contributed by atoms with van der Waals surface area (Å²) in [7, 11) is 3.95. The molecule has 3 rings (SSSR count). The van der Waals surface area contributed by atoms with Gasteiger partial charge in [-0.15, -0.1) is 0 Å². The third-order valence-corrected chi connectivity index (χ3v) is 4.20. The van der Waals surface area contributed by atoms with E-state index in [1.165, 1.54) is 0 Å². The second-order valence-corrected chi connectivity index (χ2v) is 7.49. The van der Waals surface area contributed by atoms with Crippen molar-refractivity contribution in [1.29, 1.82) is 0 Å². The van der Waals surface area contributed by atoms with Crippen molar-refractivity contribution in [3.63, 3.8) is 0 Å². The molecular weight excluding hydrogens is 314 g/mol. The minimum atomic E-state index is -0.913. The van der Waals surface area contributed by atoms with E-state index in [4.69, 9.17) is 15.5 Å². The lowest BCUT2D eigenvalue weighted by atomic mass is 9.64. The molecule has 0 aliphatic heterocycles. The van der Waals surface area contributed by atoms with Gasteiger partial charge in [-0.1, -0.05) is 18.2 Å². The number of para-hydroxylation sites is 1. The first-order valence-corrected chi connectivity index (χ1v) is 8.55. The third-order valence-electron chi connectivity index (χ3n) is 4.20. The van der Waals surface area contributed by atoms with Crippen LogP contribution in [0, 0.1) is 0 Å². The summed E-state index contributed by atoms with van der Waals surface area (Å²) in [6.45, 7) is 6.46. The lowest BCUT2D eigenvalue weighted by Crippen LogP contribution is -2.37. The Morgan fingerprint density at radius 3 is 2.56 bits per heavy atom. The van der Waals surface area contributed by atoms with E-state index in [9.17, 15) is 5.11 Å². The van der Waals surface area contributed by atoms with E-state index in [0.717, 1.165) is 22.2 Å². The molecule has 1 aromatic carbocycles. The van der Waals surface area contributed by atoms with Gasteiger partial charge in [-0.05, 0) is 26.8 Å². The van der Waals surface area contributed by atoms with Crippen molar-refractivity contribution < 1.29 is 9.84 Å². The summed E-state index contributed by atoms with van der Waals surface area (Å²) < 4.78 is 7.95. The molecule has 6 nitrogen and oxygen atoms in total. The number of aromatic nitrogens is 3. The van der Waals surface area contributed by atoms with Crippen LogP contribution in [-0.4, -0.2) is 47.5 Å². The van der Waals surface area contributed by atoms with Gasteiger partial charge in [0, 0.05) is 12.0 Å². The van der Waals surface area contributed by atoms with Crippen LogP contribution in [0.1, 0.15) is 26.6 Å². The summed E-state index contributed by atoms with van der Waals surface area (Å²) in [4.78, 5) is 9.26. The second-order valence-electron chi connectivity index (χ2n) is 7.49. The number of anilines is 1. The van der Waals surface area contributed by atoms with Crippen molar-refractivity contribution in [1.82, 2.24) is 14.5 Å². The lowest BCUT2D eigenvalue weighted by Gasteiger charge is -2.28. The maximum Gasteiger partial charge on any atom is 0.152 e. The molecule has 0 radical (unpaired) electrons. The first-order valence-electron chi connectivity index (χ1n) is 8.55. The molecule has 25 heavy (non-hydrogen) atoms. The Balaban J connectivity index is 2.42. The van der Waals surface area contributed by atoms with E-state index in [2.05, 4.69) is 4.98 Å². The number of nitrogens with two attached hydrogens (primary N) is 1. The standard InChI is InChI=1S/C17H24B2N4O2/c1-4-25-17(18,19)15-22-12-13(23(15)9-16(2,3)24)10-7-5-6-8-11(10)21-14(12)20/h5-8,24H,4,9,18-19H2,1-3H3,(H2,20,21). The molecule has 2 heterocycles. The summed E-state index contributed by atoms with van der Waals surface area (Å²) in [6, 6.07) is 7.83. The molecule has 0 unspecified atom stereocenters. The number of imidazole rings is 1. The van der Waals surface area contributed by atoms with Crippen LogP contribution < -0.4 is 5.73 Å². The van der Waals surface area contributed by atoms with Crippen molar-refractivity contribution >= 4 is 43.4 Å². The van der Waals surface area contributed by atoms with Gasteiger partial charge in [0.2, 0.25) is 0 Å². The molecule has 0 saturated heterocycles. The summed E-state index contributed by atoms with van der Waals surface area (Å²) in [5.74, 6) is 1.12. The van der Waals surface area contributed by atoms with Crippen molar-refractivity contribution in [2.45, 2.75) is 38.3 Å². The smallest absolute Gasteiger partial charge is 0.152 e. The number of fused-ring (bicyclic) bond motifs is 3. The molecule has 3 aromatic rings. The zero-order chi connectivity index (χ0) is 18.4. The Morgan fingerprint density at radius 2 is 1.92 bits per heavy atom. The number of nitrogen functional groups attached to an aromatic ring is 1. The minimum Gasteiger partial charge on any atom is -0.389 e. The molecule has 2 aromatic heterocycles. The van der Waals surface area contributed by atoms with Crippen LogP contribution in [0.5, 0.6) is 0 Å². The topological polar surface area (TPSA) is 86.2 Å². The van der Waals surface area contributed by atoms with Gasteiger partial charge in [0.25, 0.3) is 0 Å². The van der Waals surface area contributed by atoms with E-state index >= 15 is 0 Å². The number of nitrogens with zero attached hydrogens (tertiary/aromatic N) is 3. The highest BCUT2D eigenvalue weighted by atomic mass is 16.5. The fourth-order valence-electron chi connectivity index (χ4n) is 3.28. The van der Waals surface area contributed by atoms with Gasteiger partial charge in [0.05, 0.1) is 28.6 Å². The zero-order valence-corrected chi connectivity index (χ0v) is 15.5. The maximum atomic E-state index is 10.5. The number of ether oxygens (including phenoxy) is 1. The van der Waals surface area contributed by atoms with E-state index in [0.29, 0.717) is 24.5 Å². The average Bonchev–Trinajstić information content (AvgIpc) is 2.86. The zero-order valence-electron chi connectivity index (χ0n) is 15.5. The predicted octanol–water partition coefficient (Wildman–Crippen LogP) is 0.351. The Morgan fingerprint density at radius 1 is 1.24 bits per heavy atom. The van der Waals surface area contributed by atoms with E-state index in [-0.39, 0.29) is 0 Å². The van der Waals surface area contributed by atoms with E-state index in [1.807, 2.05) is 51.4 Å². The van der Waals surface area contributed by atoms with Crippen LogP contribution in [0.2, 0.25) is 0 Å². The number of hydrogen-bond acceptors (Lipinski definition) is 5. The first-order chi connectivity index (χ1) is 11.6. The number of hydrogen-bond donors (Lipinski definition) is 2. The molecule has 0 aliphatic carbocycles. The first kappa shape index (κ1) is 17.8. The Bertz CT molecular complexity index is 932. The number of rotatable bonds is 5. The van der Waals surface area contributed by atoms with E-state index < -0.39 is 11.0 Å². The molecule has 0 fully saturated rings. The SMILES string of the molecule is BC(B)(OCC)c1nc2c(N)nc3ccccc3c2n1CC(C)(C)O. The molecular formula is C17H24B2N4O2. The van der Waals surface area contributed by atoms with Crippen molar-refractivity contribution in [2.24, 2.45) is 0 Å². The van der Waals surface area contributed by atoms with Crippen LogP contribution >= 0.6 is 0 Å². The fraction of sp³-hybridized carbons (Fsp3) is 0.412. The summed E-state index contributed by atoms with van der Waals surface area (Å²) in [5.41, 5.74) is 7.62. The Labute approximate surface area is 149 Å². The molecule has 8 heteroatoms. The van der Waals surface area contributed by atoms with Gasteiger partial charge in [-0.25, -0.2) is 9.97 Å². The number of aliphatic hydroxyl groups is 1. The number of benzene rings is 1. The Hall–Kier alpha value is -2.05. The van der Waals surface area contributed by atoms with Crippen LogP contribution in [0.3, 0.4) is 0 Å². The largest absolute Gasteiger partial charge is 0.389 e. The molecule has 0 spiro atoms.